The second kappa shape index (κ2) is 7.99. The van der Waals surface area contributed by atoms with E-state index in [0.29, 0.717) is 0 Å². The minimum atomic E-state index is -0.556. The number of ether oxygens (including phenoxy) is 1. The summed E-state index contributed by atoms with van der Waals surface area (Å²) >= 11 is 0. The van der Waals surface area contributed by atoms with Crippen molar-refractivity contribution in [3.8, 4) is 0 Å². The molecule has 0 spiro atoms. The Morgan fingerprint density at radius 3 is 2.50 bits per heavy atom. The Balaban J connectivity index is 2.35. The van der Waals surface area contributed by atoms with Gasteiger partial charge in [0.2, 0.25) is 0 Å². The quantitative estimate of drug-likeness (QED) is 0.494. The van der Waals surface area contributed by atoms with Crippen molar-refractivity contribution in [1.29, 1.82) is 0 Å². The van der Waals surface area contributed by atoms with Crippen molar-refractivity contribution in [2.75, 3.05) is 20.2 Å². The summed E-state index contributed by atoms with van der Waals surface area (Å²) in [6, 6.07) is 1.11. The van der Waals surface area contributed by atoms with Crippen LogP contribution in [0.15, 0.2) is 0 Å². The van der Waals surface area contributed by atoms with Crippen LogP contribution in [-0.2, 0) is 9.53 Å². The first-order valence-electron chi connectivity index (χ1n) is 8.03. The molecular formula is C16H32N2O2. The molecule has 0 aromatic rings. The number of hydrogen-bond donors (Lipinski definition) is 1. The molecule has 1 saturated carbocycles. The van der Waals surface area contributed by atoms with Crippen LogP contribution in [0.5, 0.6) is 0 Å². The Morgan fingerprint density at radius 1 is 1.40 bits per heavy atom. The molecular weight excluding hydrogens is 252 g/mol. The lowest BCUT2D eigenvalue weighted by Crippen LogP contribution is -2.53. The summed E-state index contributed by atoms with van der Waals surface area (Å²) < 4.78 is 4.95. The van der Waals surface area contributed by atoms with Crippen LogP contribution in [0.1, 0.15) is 59.8 Å². The van der Waals surface area contributed by atoms with Crippen molar-refractivity contribution >= 4 is 5.97 Å². The lowest BCUT2D eigenvalue weighted by atomic mass is 9.93. The van der Waals surface area contributed by atoms with Crippen molar-refractivity contribution in [2.45, 2.75) is 77.4 Å². The van der Waals surface area contributed by atoms with Crippen molar-refractivity contribution in [2.24, 2.45) is 0 Å². The molecule has 0 amide bonds. The Morgan fingerprint density at radius 2 is 2.05 bits per heavy atom. The molecule has 0 heterocycles. The summed E-state index contributed by atoms with van der Waals surface area (Å²) in [4.78, 5) is 14.5. The number of unbranched alkanes of at least 4 members (excludes halogenated alkanes) is 1. The molecule has 4 heteroatoms. The molecule has 118 valence electrons. The molecule has 1 unspecified atom stereocenters. The molecule has 4 nitrogen and oxygen atoms in total. The SMILES string of the molecule is CCN(CCCCC(C)(NC(C)C)C(=O)OC)C1CC1. The maximum Gasteiger partial charge on any atom is 0.325 e. The van der Waals surface area contributed by atoms with Crippen LogP contribution in [0.25, 0.3) is 0 Å². The van der Waals surface area contributed by atoms with Gasteiger partial charge in [-0.2, -0.15) is 0 Å². The van der Waals surface area contributed by atoms with Gasteiger partial charge >= 0.3 is 5.97 Å². The molecule has 0 radical (unpaired) electrons. The molecule has 0 bridgehead atoms. The number of nitrogens with one attached hydrogen (secondary N) is 1. The molecule has 0 aliphatic heterocycles. The Bertz CT molecular complexity index is 303. The molecule has 0 aromatic carbocycles. The third kappa shape index (κ3) is 5.41. The Labute approximate surface area is 124 Å². The van der Waals surface area contributed by atoms with E-state index >= 15 is 0 Å². The summed E-state index contributed by atoms with van der Waals surface area (Å²) in [5.74, 6) is -0.152. The number of nitrogens with zero attached hydrogens (tertiary/aromatic N) is 1. The molecule has 1 atom stereocenters. The van der Waals surface area contributed by atoms with Crippen molar-refractivity contribution in [3.05, 3.63) is 0 Å². The van der Waals surface area contributed by atoms with Crippen LogP contribution in [-0.4, -0.2) is 48.7 Å². The highest BCUT2D eigenvalue weighted by Gasteiger charge is 2.34. The highest BCUT2D eigenvalue weighted by molar-refractivity contribution is 5.80. The predicted molar refractivity (Wildman–Crippen MR) is 82.8 cm³/mol. The fourth-order valence-electron chi connectivity index (χ4n) is 2.93. The van der Waals surface area contributed by atoms with Crippen LogP contribution in [0, 0.1) is 0 Å². The van der Waals surface area contributed by atoms with Crippen molar-refractivity contribution < 1.29 is 9.53 Å². The average molecular weight is 284 g/mol. The van der Waals surface area contributed by atoms with Gasteiger partial charge < -0.3 is 9.64 Å². The van der Waals surface area contributed by atoms with E-state index in [-0.39, 0.29) is 12.0 Å². The smallest absolute Gasteiger partial charge is 0.325 e. The van der Waals surface area contributed by atoms with Gasteiger partial charge in [0.1, 0.15) is 5.54 Å². The largest absolute Gasteiger partial charge is 0.468 e. The first kappa shape index (κ1) is 17.4. The van der Waals surface area contributed by atoms with Gasteiger partial charge in [0.25, 0.3) is 0 Å². The van der Waals surface area contributed by atoms with Gasteiger partial charge in [-0.3, -0.25) is 10.1 Å². The third-order valence-electron chi connectivity index (χ3n) is 4.08. The van der Waals surface area contributed by atoms with Gasteiger partial charge in [-0.05, 0) is 66.0 Å². The van der Waals surface area contributed by atoms with Gasteiger partial charge in [-0.15, -0.1) is 0 Å². The van der Waals surface area contributed by atoms with E-state index in [1.54, 1.807) is 0 Å². The minimum Gasteiger partial charge on any atom is -0.468 e. The van der Waals surface area contributed by atoms with E-state index in [0.717, 1.165) is 38.4 Å². The number of carbonyl (C=O) groups is 1. The van der Waals surface area contributed by atoms with E-state index in [2.05, 4.69) is 31.0 Å². The predicted octanol–water partition coefficient (Wildman–Crippen LogP) is 2.57. The molecule has 1 rings (SSSR count). The second-order valence-corrected chi connectivity index (χ2v) is 6.44. The van der Waals surface area contributed by atoms with Crippen LogP contribution in [0.2, 0.25) is 0 Å². The van der Waals surface area contributed by atoms with Gasteiger partial charge in [-0.1, -0.05) is 6.92 Å². The maximum absolute atomic E-state index is 12.0. The number of methoxy groups -OCH3 is 1. The lowest BCUT2D eigenvalue weighted by molar-refractivity contribution is -0.148. The van der Waals surface area contributed by atoms with Crippen molar-refractivity contribution in [1.82, 2.24) is 10.2 Å². The van der Waals surface area contributed by atoms with Gasteiger partial charge in [-0.25, -0.2) is 0 Å². The summed E-state index contributed by atoms with van der Waals surface area (Å²) in [6.45, 7) is 10.6. The zero-order valence-electron chi connectivity index (χ0n) is 13.9. The van der Waals surface area contributed by atoms with E-state index in [1.807, 2.05) is 6.92 Å². The summed E-state index contributed by atoms with van der Waals surface area (Å²) in [7, 11) is 1.47. The maximum atomic E-state index is 12.0. The zero-order chi connectivity index (χ0) is 15.2. The normalized spacial score (nSPS) is 18.4. The molecule has 0 saturated heterocycles. The standard InChI is InChI=1S/C16H32N2O2/c1-6-18(14-9-10-14)12-8-7-11-16(4,15(19)20-5)17-13(2)3/h13-14,17H,6-12H2,1-5H3. The van der Waals surface area contributed by atoms with Crippen LogP contribution >= 0.6 is 0 Å². The first-order valence-corrected chi connectivity index (χ1v) is 8.03. The molecule has 1 fully saturated rings. The number of esters is 1. The van der Waals surface area contributed by atoms with E-state index in [1.165, 1.54) is 20.0 Å². The highest BCUT2D eigenvalue weighted by Crippen LogP contribution is 2.27. The second-order valence-electron chi connectivity index (χ2n) is 6.44. The fourth-order valence-corrected chi connectivity index (χ4v) is 2.93. The topological polar surface area (TPSA) is 41.6 Å². The first-order chi connectivity index (χ1) is 9.42. The fraction of sp³-hybridized carbons (Fsp3) is 0.938. The average Bonchev–Trinajstić information content (AvgIpc) is 3.21. The number of rotatable bonds is 10. The monoisotopic (exact) mass is 284 g/mol. The third-order valence-corrected chi connectivity index (χ3v) is 4.08. The number of carbonyl (C=O) groups excluding carboxylic acids is 1. The Kier molecular flexibility index (Phi) is 6.96. The van der Waals surface area contributed by atoms with Crippen LogP contribution in [0.3, 0.4) is 0 Å². The molecule has 1 aliphatic rings. The van der Waals surface area contributed by atoms with Gasteiger partial charge in [0.05, 0.1) is 7.11 Å². The molecule has 20 heavy (non-hydrogen) atoms. The minimum absolute atomic E-state index is 0.152. The van der Waals surface area contributed by atoms with E-state index < -0.39 is 5.54 Å². The molecule has 1 aliphatic carbocycles. The van der Waals surface area contributed by atoms with Crippen molar-refractivity contribution in [3.63, 3.8) is 0 Å². The van der Waals surface area contributed by atoms with E-state index in [4.69, 9.17) is 4.74 Å². The summed E-state index contributed by atoms with van der Waals surface area (Å²) in [6.07, 6.45) is 5.76. The molecule has 0 aromatic heterocycles. The van der Waals surface area contributed by atoms with Crippen LogP contribution < -0.4 is 5.32 Å². The zero-order valence-corrected chi connectivity index (χ0v) is 13.9. The summed E-state index contributed by atoms with van der Waals surface area (Å²) in [5, 5.41) is 3.36. The lowest BCUT2D eigenvalue weighted by Gasteiger charge is -2.30. The van der Waals surface area contributed by atoms with Gasteiger partial charge in [0, 0.05) is 12.1 Å². The highest BCUT2D eigenvalue weighted by atomic mass is 16.5. The van der Waals surface area contributed by atoms with Gasteiger partial charge in [0.15, 0.2) is 0 Å². The number of hydrogen-bond acceptors (Lipinski definition) is 4. The van der Waals surface area contributed by atoms with Crippen LogP contribution in [0.4, 0.5) is 0 Å². The van der Waals surface area contributed by atoms with E-state index in [9.17, 15) is 4.79 Å². The summed E-state index contributed by atoms with van der Waals surface area (Å²) in [5.41, 5.74) is -0.556. The Hall–Kier alpha value is -0.610. The molecule has 1 N–H and O–H groups in total.